The van der Waals surface area contributed by atoms with Crippen LogP contribution in [0, 0.1) is 17.5 Å². The summed E-state index contributed by atoms with van der Waals surface area (Å²) in [5, 5.41) is 2.15. The van der Waals surface area contributed by atoms with Crippen molar-refractivity contribution < 1.29 is 18.0 Å². The first-order chi connectivity index (χ1) is 11.5. The molecule has 1 atom stereocenters. The number of nitrogens with zero attached hydrogens (tertiary/aromatic N) is 1. The number of H-pyrrole nitrogens is 1. The quantitative estimate of drug-likeness (QED) is 0.550. The summed E-state index contributed by atoms with van der Waals surface area (Å²) in [6.45, 7) is 1.60. The van der Waals surface area contributed by atoms with E-state index < -0.39 is 34.3 Å². The highest BCUT2D eigenvalue weighted by atomic mass is 32.2. The first kappa shape index (κ1) is 16.4. The van der Waals surface area contributed by atoms with Crippen LogP contribution in [-0.2, 0) is 4.79 Å². The number of carbonyl (C=O) groups is 1. The van der Waals surface area contributed by atoms with Gasteiger partial charge in [-0.15, -0.1) is 0 Å². The van der Waals surface area contributed by atoms with Crippen LogP contribution in [0.15, 0.2) is 41.6 Å². The van der Waals surface area contributed by atoms with Crippen molar-refractivity contribution in [2.24, 2.45) is 0 Å². The van der Waals surface area contributed by atoms with E-state index in [2.05, 4.69) is 15.3 Å². The van der Waals surface area contributed by atoms with E-state index in [1.165, 1.54) is 0 Å². The molecule has 1 heterocycles. The van der Waals surface area contributed by atoms with Crippen LogP contribution < -0.4 is 5.32 Å². The minimum absolute atomic E-state index is 0.407. The fourth-order valence-corrected chi connectivity index (χ4v) is 2.88. The van der Waals surface area contributed by atoms with Gasteiger partial charge in [-0.2, -0.15) is 0 Å². The number of carbonyl (C=O) groups excluding carboxylic acids is 1. The van der Waals surface area contributed by atoms with Crippen molar-refractivity contribution in [3.63, 3.8) is 0 Å². The lowest BCUT2D eigenvalue weighted by Gasteiger charge is -2.11. The zero-order chi connectivity index (χ0) is 17.3. The Balaban J connectivity index is 1.72. The number of halogens is 3. The van der Waals surface area contributed by atoms with Gasteiger partial charge in [-0.05, 0) is 31.2 Å². The summed E-state index contributed by atoms with van der Waals surface area (Å²) in [4.78, 5) is 19.5. The van der Waals surface area contributed by atoms with Gasteiger partial charge in [0.15, 0.2) is 22.6 Å². The smallest absolute Gasteiger partial charge is 0.237 e. The molecule has 124 valence electrons. The Morgan fingerprint density at radius 3 is 2.67 bits per heavy atom. The summed E-state index contributed by atoms with van der Waals surface area (Å²) in [6.07, 6.45) is 0. The number of amides is 1. The normalized spacial score (nSPS) is 12.3. The van der Waals surface area contributed by atoms with Crippen LogP contribution in [0.1, 0.15) is 6.92 Å². The Hall–Kier alpha value is -2.48. The molecule has 0 radical (unpaired) electrons. The molecule has 1 aromatic heterocycles. The Morgan fingerprint density at radius 2 is 1.92 bits per heavy atom. The van der Waals surface area contributed by atoms with E-state index in [4.69, 9.17) is 0 Å². The van der Waals surface area contributed by atoms with Crippen LogP contribution in [-0.4, -0.2) is 21.1 Å². The Morgan fingerprint density at radius 1 is 1.17 bits per heavy atom. The third-order valence-corrected chi connectivity index (χ3v) is 4.30. The summed E-state index contributed by atoms with van der Waals surface area (Å²) in [7, 11) is 0. The lowest BCUT2D eigenvalue weighted by molar-refractivity contribution is -0.115. The van der Waals surface area contributed by atoms with Gasteiger partial charge in [0.25, 0.3) is 0 Å². The molecule has 0 fully saturated rings. The standard InChI is InChI=1S/C16H12F3N3OS/c1-8(24-16-21-10-4-2-3-5-11(10)22-16)15(23)20-12-7-6-9(17)13(18)14(12)19/h2-8H,1H3,(H,20,23)(H,21,22). The molecule has 3 aromatic rings. The van der Waals surface area contributed by atoms with Crippen LogP contribution in [0.25, 0.3) is 11.0 Å². The van der Waals surface area contributed by atoms with E-state index in [0.717, 1.165) is 34.9 Å². The monoisotopic (exact) mass is 351 g/mol. The van der Waals surface area contributed by atoms with Gasteiger partial charge in [-0.1, -0.05) is 23.9 Å². The second kappa shape index (κ2) is 6.56. The van der Waals surface area contributed by atoms with Gasteiger partial charge < -0.3 is 10.3 Å². The number of aromatic amines is 1. The summed E-state index contributed by atoms with van der Waals surface area (Å²) >= 11 is 1.14. The molecule has 0 saturated heterocycles. The lowest BCUT2D eigenvalue weighted by Crippen LogP contribution is -2.23. The molecule has 24 heavy (non-hydrogen) atoms. The molecule has 4 nitrogen and oxygen atoms in total. The van der Waals surface area contributed by atoms with Gasteiger partial charge in [-0.3, -0.25) is 4.79 Å². The number of aromatic nitrogens is 2. The summed E-state index contributed by atoms with van der Waals surface area (Å²) in [5.74, 6) is -4.91. The molecule has 0 aliphatic carbocycles. The number of benzene rings is 2. The predicted octanol–water partition coefficient (Wildman–Crippen LogP) is 4.10. The molecule has 3 rings (SSSR count). The van der Waals surface area contributed by atoms with Crippen LogP contribution >= 0.6 is 11.8 Å². The van der Waals surface area contributed by atoms with E-state index in [9.17, 15) is 18.0 Å². The average molecular weight is 351 g/mol. The number of hydrogen-bond donors (Lipinski definition) is 2. The van der Waals surface area contributed by atoms with Crippen LogP contribution in [0.3, 0.4) is 0 Å². The fourth-order valence-electron chi connectivity index (χ4n) is 2.06. The fraction of sp³-hybridized carbons (Fsp3) is 0.125. The van der Waals surface area contributed by atoms with Gasteiger partial charge in [0.2, 0.25) is 5.91 Å². The number of thioether (sulfide) groups is 1. The lowest BCUT2D eigenvalue weighted by atomic mass is 10.2. The zero-order valence-corrected chi connectivity index (χ0v) is 13.3. The molecule has 2 aromatic carbocycles. The van der Waals surface area contributed by atoms with Crippen LogP contribution in [0.2, 0.25) is 0 Å². The van der Waals surface area contributed by atoms with E-state index in [1.807, 2.05) is 24.3 Å². The van der Waals surface area contributed by atoms with E-state index in [1.54, 1.807) is 6.92 Å². The third kappa shape index (κ3) is 3.23. The van der Waals surface area contributed by atoms with Crippen LogP contribution in [0.5, 0.6) is 0 Å². The number of nitrogens with one attached hydrogen (secondary N) is 2. The Labute approximate surface area is 139 Å². The highest BCUT2D eigenvalue weighted by molar-refractivity contribution is 8.00. The van der Waals surface area contributed by atoms with Crippen molar-refractivity contribution in [2.45, 2.75) is 17.3 Å². The number of imidazole rings is 1. The van der Waals surface area contributed by atoms with Gasteiger partial charge in [0.1, 0.15) is 0 Å². The molecule has 1 amide bonds. The molecular weight excluding hydrogens is 339 g/mol. The second-order valence-electron chi connectivity index (χ2n) is 5.03. The SMILES string of the molecule is CC(Sc1nc2ccccc2[nH]1)C(=O)Nc1ccc(F)c(F)c1F. The van der Waals surface area contributed by atoms with Crippen molar-refractivity contribution in [1.29, 1.82) is 0 Å². The maximum absolute atomic E-state index is 13.6. The first-order valence-electron chi connectivity index (χ1n) is 7.01. The van der Waals surface area contributed by atoms with E-state index >= 15 is 0 Å². The molecule has 0 spiro atoms. The zero-order valence-electron chi connectivity index (χ0n) is 12.4. The van der Waals surface area contributed by atoms with Gasteiger partial charge in [0, 0.05) is 0 Å². The van der Waals surface area contributed by atoms with Crippen molar-refractivity contribution in [3.05, 3.63) is 53.8 Å². The molecule has 0 saturated carbocycles. The van der Waals surface area contributed by atoms with Crippen LogP contribution in [0.4, 0.5) is 18.9 Å². The van der Waals surface area contributed by atoms with Gasteiger partial charge in [-0.25, -0.2) is 18.2 Å². The maximum atomic E-state index is 13.6. The largest absolute Gasteiger partial charge is 0.333 e. The summed E-state index contributed by atoms with van der Waals surface area (Å²) in [5.41, 5.74) is 1.19. The van der Waals surface area contributed by atoms with Gasteiger partial charge >= 0.3 is 0 Å². The number of rotatable bonds is 4. The van der Waals surface area contributed by atoms with Crippen molar-refractivity contribution in [2.75, 3.05) is 5.32 Å². The van der Waals surface area contributed by atoms with E-state index in [-0.39, 0.29) is 0 Å². The highest BCUT2D eigenvalue weighted by Gasteiger charge is 2.20. The molecule has 8 heteroatoms. The Kier molecular flexibility index (Phi) is 4.48. The molecule has 1 unspecified atom stereocenters. The topological polar surface area (TPSA) is 57.8 Å². The van der Waals surface area contributed by atoms with Gasteiger partial charge in [0.05, 0.1) is 22.0 Å². The second-order valence-corrected chi connectivity index (χ2v) is 6.36. The summed E-state index contributed by atoms with van der Waals surface area (Å²) < 4.78 is 39.7. The molecular formula is C16H12F3N3OS. The predicted molar refractivity (Wildman–Crippen MR) is 86.4 cm³/mol. The molecule has 0 aliphatic heterocycles. The van der Waals surface area contributed by atoms with Crippen molar-refractivity contribution >= 4 is 34.4 Å². The molecule has 0 aliphatic rings. The average Bonchev–Trinajstić information content (AvgIpc) is 2.97. The number of hydrogen-bond acceptors (Lipinski definition) is 3. The highest BCUT2D eigenvalue weighted by Crippen LogP contribution is 2.25. The number of anilines is 1. The molecule has 2 N–H and O–H groups in total. The first-order valence-corrected chi connectivity index (χ1v) is 7.89. The Bertz CT molecular complexity index is 880. The maximum Gasteiger partial charge on any atom is 0.237 e. The van der Waals surface area contributed by atoms with Crippen molar-refractivity contribution in [3.8, 4) is 0 Å². The number of fused-ring (bicyclic) bond motifs is 1. The van der Waals surface area contributed by atoms with E-state index in [0.29, 0.717) is 5.16 Å². The number of para-hydroxylation sites is 2. The minimum Gasteiger partial charge on any atom is -0.333 e. The summed E-state index contributed by atoms with van der Waals surface area (Å²) in [6, 6.07) is 9.12. The molecule has 0 bridgehead atoms. The minimum atomic E-state index is -1.62. The third-order valence-electron chi connectivity index (χ3n) is 3.32. The van der Waals surface area contributed by atoms with Crippen molar-refractivity contribution in [1.82, 2.24) is 9.97 Å².